The molecule has 8 heteroatoms. The Morgan fingerprint density at radius 3 is 2.50 bits per heavy atom. The molecule has 0 amide bonds. The Morgan fingerprint density at radius 1 is 1.18 bits per heavy atom. The molecule has 0 aromatic carbocycles. The van der Waals surface area contributed by atoms with Crippen molar-refractivity contribution in [3.8, 4) is 0 Å². The molecule has 0 saturated carbocycles. The zero-order chi connectivity index (χ0) is 15.7. The number of nitrogens with zero attached hydrogens (tertiary/aromatic N) is 5. The topological polar surface area (TPSA) is 82.1 Å². The molecular weight excluding hydrogens is 282 g/mol. The average molecular weight is 305 g/mol. The van der Waals surface area contributed by atoms with Gasteiger partial charge in [0.1, 0.15) is 5.52 Å². The van der Waals surface area contributed by atoms with Crippen molar-refractivity contribution in [2.45, 2.75) is 13.8 Å². The Labute approximate surface area is 129 Å². The molecule has 1 aliphatic rings. The number of hydrogen-bond acceptors (Lipinski definition) is 6. The number of anilines is 2. The van der Waals surface area contributed by atoms with Crippen molar-refractivity contribution in [2.24, 2.45) is 7.05 Å². The lowest BCUT2D eigenvalue weighted by molar-refractivity contribution is 0.585. The first-order chi connectivity index (χ1) is 10.7. The van der Waals surface area contributed by atoms with Gasteiger partial charge in [0.15, 0.2) is 11.5 Å². The predicted octanol–water partition coefficient (Wildman–Crippen LogP) is -0.0876. The summed E-state index contributed by atoms with van der Waals surface area (Å²) in [5.74, 6) is 1.51. The van der Waals surface area contributed by atoms with E-state index in [9.17, 15) is 4.79 Å². The van der Waals surface area contributed by atoms with Gasteiger partial charge < -0.3 is 20.1 Å². The normalized spacial score (nSPS) is 15.5. The average Bonchev–Trinajstić information content (AvgIpc) is 2.84. The summed E-state index contributed by atoms with van der Waals surface area (Å²) in [5, 5.41) is 3.34. The molecule has 0 radical (unpaired) electrons. The Bertz CT molecular complexity index is 710. The van der Waals surface area contributed by atoms with Crippen LogP contribution in [0.2, 0.25) is 0 Å². The first-order valence-corrected chi connectivity index (χ1v) is 7.83. The summed E-state index contributed by atoms with van der Waals surface area (Å²) in [4.78, 5) is 28.5. The zero-order valence-electron chi connectivity index (χ0n) is 13.4. The maximum Gasteiger partial charge on any atom is 0.327 e. The van der Waals surface area contributed by atoms with Gasteiger partial charge in [0, 0.05) is 46.3 Å². The van der Waals surface area contributed by atoms with Crippen LogP contribution >= 0.6 is 0 Å². The molecule has 2 N–H and O–H groups in total. The van der Waals surface area contributed by atoms with Gasteiger partial charge in [-0.15, -0.1) is 0 Å². The molecular formula is C14H23N7O. The molecule has 3 heterocycles. The van der Waals surface area contributed by atoms with E-state index < -0.39 is 0 Å². The van der Waals surface area contributed by atoms with Crippen molar-refractivity contribution in [1.82, 2.24) is 24.8 Å². The molecule has 0 spiro atoms. The van der Waals surface area contributed by atoms with E-state index >= 15 is 0 Å². The third-order valence-corrected chi connectivity index (χ3v) is 4.18. The number of aryl methyl sites for hydroxylation is 1. The van der Waals surface area contributed by atoms with Crippen LogP contribution in [0.25, 0.3) is 11.2 Å². The molecule has 0 unspecified atom stereocenters. The maximum atomic E-state index is 12.0. The van der Waals surface area contributed by atoms with E-state index in [1.54, 1.807) is 11.6 Å². The van der Waals surface area contributed by atoms with Crippen LogP contribution in [0.4, 0.5) is 11.8 Å². The van der Waals surface area contributed by atoms with Gasteiger partial charge in [0.2, 0.25) is 5.95 Å². The Morgan fingerprint density at radius 2 is 1.86 bits per heavy atom. The highest BCUT2D eigenvalue weighted by Gasteiger charge is 2.21. The molecule has 22 heavy (non-hydrogen) atoms. The number of rotatable bonds is 4. The van der Waals surface area contributed by atoms with Crippen LogP contribution < -0.4 is 20.8 Å². The molecule has 3 rings (SSSR count). The van der Waals surface area contributed by atoms with E-state index in [4.69, 9.17) is 4.98 Å². The van der Waals surface area contributed by atoms with Gasteiger partial charge in [-0.25, -0.2) is 4.79 Å². The van der Waals surface area contributed by atoms with Crippen LogP contribution in [0.3, 0.4) is 0 Å². The highest BCUT2D eigenvalue weighted by Crippen LogP contribution is 2.24. The first kappa shape index (κ1) is 14.8. The summed E-state index contributed by atoms with van der Waals surface area (Å²) in [6.45, 7) is 9.42. The van der Waals surface area contributed by atoms with Crippen molar-refractivity contribution < 1.29 is 0 Å². The van der Waals surface area contributed by atoms with Crippen molar-refractivity contribution in [2.75, 3.05) is 49.1 Å². The molecule has 1 saturated heterocycles. The molecule has 120 valence electrons. The largest absolute Gasteiger partial charge is 0.352 e. The third kappa shape index (κ3) is 2.43. The van der Waals surface area contributed by atoms with Gasteiger partial charge in [-0.3, -0.25) is 4.57 Å². The van der Waals surface area contributed by atoms with Crippen LogP contribution in [0, 0.1) is 0 Å². The van der Waals surface area contributed by atoms with E-state index in [1.165, 1.54) is 0 Å². The minimum atomic E-state index is -0.155. The van der Waals surface area contributed by atoms with E-state index in [1.807, 2.05) is 0 Å². The SMILES string of the molecule is CCN(CC)c1nc(N2CCNCC2)c2[nH]c(=O)n(C)c2n1. The summed E-state index contributed by atoms with van der Waals surface area (Å²) >= 11 is 0. The number of aromatic amines is 1. The fourth-order valence-corrected chi connectivity index (χ4v) is 2.82. The molecule has 8 nitrogen and oxygen atoms in total. The lowest BCUT2D eigenvalue weighted by Gasteiger charge is -2.29. The molecule has 0 atom stereocenters. The second-order valence-electron chi connectivity index (χ2n) is 5.44. The number of fused-ring (bicyclic) bond motifs is 1. The van der Waals surface area contributed by atoms with Crippen LogP contribution in [0.5, 0.6) is 0 Å². The Balaban J connectivity index is 2.18. The number of hydrogen-bond donors (Lipinski definition) is 2. The number of nitrogens with one attached hydrogen (secondary N) is 2. The van der Waals surface area contributed by atoms with Gasteiger partial charge in [0.25, 0.3) is 0 Å². The number of H-pyrrole nitrogens is 1. The third-order valence-electron chi connectivity index (χ3n) is 4.18. The van der Waals surface area contributed by atoms with Gasteiger partial charge in [0.05, 0.1) is 0 Å². The van der Waals surface area contributed by atoms with Crippen molar-refractivity contribution in [1.29, 1.82) is 0 Å². The standard InChI is InChI=1S/C14H23N7O/c1-4-20(5-2)13-17-11-10(16-14(22)19(11)3)12(18-13)21-8-6-15-7-9-21/h15H,4-9H2,1-3H3,(H,16,22). The molecule has 0 bridgehead atoms. The fraction of sp³-hybridized carbons (Fsp3) is 0.643. The van der Waals surface area contributed by atoms with Crippen molar-refractivity contribution >= 4 is 22.9 Å². The molecule has 1 fully saturated rings. The van der Waals surface area contributed by atoms with Crippen LogP contribution in [-0.2, 0) is 7.05 Å². The summed E-state index contributed by atoms with van der Waals surface area (Å²) in [7, 11) is 1.74. The second kappa shape index (κ2) is 5.96. The lowest BCUT2D eigenvalue weighted by Crippen LogP contribution is -2.44. The highest BCUT2D eigenvalue weighted by atomic mass is 16.1. The van der Waals surface area contributed by atoms with Gasteiger partial charge in [-0.1, -0.05) is 0 Å². The van der Waals surface area contributed by atoms with Crippen molar-refractivity contribution in [3.05, 3.63) is 10.5 Å². The monoisotopic (exact) mass is 305 g/mol. The maximum absolute atomic E-state index is 12.0. The minimum Gasteiger partial charge on any atom is -0.352 e. The van der Waals surface area contributed by atoms with Gasteiger partial charge in [-0.05, 0) is 13.8 Å². The van der Waals surface area contributed by atoms with Crippen LogP contribution in [0.1, 0.15) is 13.8 Å². The zero-order valence-corrected chi connectivity index (χ0v) is 13.4. The molecule has 2 aromatic rings. The fourth-order valence-electron chi connectivity index (χ4n) is 2.82. The van der Waals surface area contributed by atoms with Crippen molar-refractivity contribution in [3.63, 3.8) is 0 Å². The summed E-state index contributed by atoms with van der Waals surface area (Å²) in [5.41, 5.74) is 1.23. The quantitative estimate of drug-likeness (QED) is 0.822. The second-order valence-corrected chi connectivity index (χ2v) is 5.44. The number of imidazole rings is 1. The van der Waals surface area contributed by atoms with E-state index in [0.29, 0.717) is 11.6 Å². The van der Waals surface area contributed by atoms with Crippen LogP contribution in [0.15, 0.2) is 4.79 Å². The van der Waals surface area contributed by atoms with Gasteiger partial charge >= 0.3 is 5.69 Å². The highest BCUT2D eigenvalue weighted by molar-refractivity contribution is 5.85. The van der Waals surface area contributed by atoms with Crippen LogP contribution in [-0.4, -0.2) is 58.8 Å². The lowest BCUT2D eigenvalue weighted by atomic mass is 10.3. The summed E-state index contributed by atoms with van der Waals surface area (Å²) in [6.07, 6.45) is 0. The number of aromatic nitrogens is 4. The van der Waals surface area contributed by atoms with E-state index in [0.717, 1.165) is 50.6 Å². The summed E-state index contributed by atoms with van der Waals surface area (Å²) < 4.78 is 1.55. The summed E-state index contributed by atoms with van der Waals surface area (Å²) in [6, 6.07) is 0. The van der Waals surface area contributed by atoms with E-state index in [-0.39, 0.29) is 5.69 Å². The predicted molar refractivity (Wildman–Crippen MR) is 87.8 cm³/mol. The van der Waals surface area contributed by atoms with E-state index in [2.05, 4.69) is 38.9 Å². The number of piperazine rings is 1. The first-order valence-electron chi connectivity index (χ1n) is 7.83. The van der Waals surface area contributed by atoms with Gasteiger partial charge in [-0.2, -0.15) is 9.97 Å². The molecule has 1 aliphatic heterocycles. The molecule has 2 aromatic heterocycles. The Kier molecular flexibility index (Phi) is 4.02. The molecule has 0 aliphatic carbocycles. The Hall–Kier alpha value is -2.09. The minimum absolute atomic E-state index is 0.155. The smallest absolute Gasteiger partial charge is 0.327 e.